The molecule has 8 heteroatoms. The molecule has 1 aliphatic rings. The van der Waals surface area contributed by atoms with Gasteiger partial charge in [-0.05, 0) is 18.6 Å². The molecule has 1 aliphatic heterocycles. The van der Waals surface area contributed by atoms with Crippen LogP contribution in [0.15, 0.2) is 48.9 Å². The van der Waals surface area contributed by atoms with Crippen LogP contribution in [0.2, 0.25) is 0 Å². The standard InChI is InChI=1S/C17H15N7O/c18-8-13-9-19-23(11-13)15-6-7-22(12-15)17(25)16-10-20-24(21-16)14-4-2-1-3-5-14/h1-5,9-11,15H,6-7,12H2. The van der Waals surface area contributed by atoms with Crippen molar-refractivity contribution in [2.45, 2.75) is 12.5 Å². The Hall–Kier alpha value is -3.47. The highest BCUT2D eigenvalue weighted by Gasteiger charge is 2.30. The smallest absolute Gasteiger partial charge is 0.276 e. The quantitative estimate of drug-likeness (QED) is 0.723. The van der Waals surface area contributed by atoms with Crippen LogP contribution in [0.5, 0.6) is 0 Å². The van der Waals surface area contributed by atoms with Crippen LogP contribution in [-0.2, 0) is 0 Å². The van der Waals surface area contributed by atoms with E-state index in [1.54, 1.807) is 15.8 Å². The van der Waals surface area contributed by atoms with Crippen molar-refractivity contribution >= 4 is 5.91 Å². The van der Waals surface area contributed by atoms with Gasteiger partial charge in [-0.3, -0.25) is 9.48 Å². The summed E-state index contributed by atoms with van der Waals surface area (Å²) in [5, 5.41) is 21.6. The summed E-state index contributed by atoms with van der Waals surface area (Å²) in [4.78, 5) is 15.9. The summed E-state index contributed by atoms with van der Waals surface area (Å²) >= 11 is 0. The van der Waals surface area contributed by atoms with Crippen LogP contribution in [0.25, 0.3) is 5.69 Å². The lowest BCUT2D eigenvalue weighted by Gasteiger charge is -2.15. The van der Waals surface area contributed by atoms with Gasteiger partial charge in [0.1, 0.15) is 6.07 Å². The van der Waals surface area contributed by atoms with Gasteiger partial charge in [-0.1, -0.05) is 18.2 Å². The van der Waals surface area contributed by atoms with Crippen molar-refractivity contribution in [3.8, 4) is 11.8 Å². The first-order valence-corrected chi connectivity index (χ1v) is 7.96. The number of carbonyl (C=O) groups is 1. The fourth-order valence-corrected chi connectivity index (χ4v) is 2.95. The highest BCUT2D eigenvalue weighted by atomic mass is 16.2. The highest BCUT2D eigenvalue weighted by Crippen LogP contribution is 2.22. The van der Waals surface area contributed by atoms with Gasteiger partial charge in [0.2, 0.25) is 0 Å². The molecule has 1 unspecified atom stereocenters. The SMILES string of the molecule is N#Cc1cnn(C2CCN(C(=O)c3cnn(-c4ccccc4)n3)C2)c1. The largest absolute Gasteiger partial charge is 0.335 e. The van der Waals surface area contributed by atoms with E-state index in [0.29, 0.717) is 24.3 Å². The number of hydrogen-bond donors (Lipinski definition) is 0. The Morgan fingerprint density at radius 2 is 2.04 bits per heavy atom. The average Bonchev–Trinajstić information content (AvgIpc) is 3.41. The highest BCUT2D eigenvalue weighted by molar-refractivity contribution is 5.92. The number of nitrogens with zero attached hydrogens (tertiary/aromatic N) is 7. The van der Waals surface area contributed by atoms with E-state index in [9.17, 15) is 4.79 Å². The fourth-order valence-electron chi connectivity index (χ4n) is 2.95. The molecule has 2 aromatic heterocycles. The van der Waals surface area contributed by atoms with Crippen LogP contribution < -0.4 is 0 Å². The van der Waals surface area contributed by atoms with Crippen LogP contribution >= 0.6 is 0 Å². The number of benzene rings is 1. The minimum atomic E-state index is -0.141. The molecule has 0 spiro atoms. The number of rotatable bonds is 3. The summed E-state index contributed by atoms with van der Waals surface area (Å²) in [6.07, 6.45) is 5.54. The lowest BCUT2D eigenvalue weighted by atomic mass is 10.3. The molecule has 124 valence electrons. The zero-order valence-electron chi connectivity index (χ0n) is 13.4. The normalized spacial score (nSPS) is 16.8. The second-order valence-electron chi connectivity index (χ2n) is 5.87. The van der Waals surface area contributed by atoms with E-state index in [1.165, 1.54) is 17.2 Å². The molecule has 4 rings (SSSR count). The Bertz CT molecular complexity index is 937. The number of aromatic nitrogens is 5. The Labute approximate surface area is 143 Å². The second-order valence-corrected chi connectivity index (χ2v) is 5.87. The zero-order chi connectivity index (χ0) is 17.2. The maximum atomic E-state index is 12.7. The number of para-hydroxylation sites is 1. The average molecular weight is 333 g/mol. The molecule has 0 N–H and O–H groups in total. The van der Waals surface area contributed by atoms with E-state index in [0.717, 1.165) is 12.1 Å². The van der Waals surface area contributed by atoms with Crippen molar-refractivity contribution in [3.05, 3.63) is 60.2 Å². The van der Waals surface area contributed by atoms with Crippen molar-refractivity contribution in [2.24, 2.45) is 0 Å². The first kappa shape index (κ1) is 15.1. The lowest BCUT2D eigenvalue weighted by molar-refractivity contribution is 0.0780. The second kappa shape index (κ2) is 6.20. The molecule has 0 radical (unpaired) electrons. The van der Waals surface area contributed by atoms with E-state index in [-0.39, 0.29) is 11.9 Å². The van der Waals surface area contributed by atoms with Gasteiger partial charge in [-0.2, -0.15) is 20.3 Å². The van der Waals surface area contributed by atoms with E-state index < -0.39 is 0 Å². The maximum absolute atomic E-state index is 12.7. The molecule has 25 heavy (non-hydrogen) atoms. The predicted molar refractivity (Wildman–Crippen MR) is 87.9 cm³/mol. The molecule has 3 aromatic rings. The van der Waals surface area contributed by atoms with E-state index in [4.69, 9.17) is 5.26 Å². The molecule has 0 saturated carbocycles. The molecule has 1 fully saturated rings. The molecule has 8 nitrogen and oxygen atoms in total. The molecule has 1 atom stereocenters. The van der Waals surface area contributed by atoms with E-state index >= 15 is 0 Å². The van der Waals surface area contributed by atoms with Crippen molar-refractivity contribution in [1.82, 2.24) is 29.7 Å². The van der Waals surface area contributed by atoms with Gasteiger partial charge < -0.3 is 4.90 Å². The predicted octanol–water partition coefficient (Wildman–Crippen LogP) is 1.42. The van der Waals surface area contributed by atoms with Gasteiger partial charge in [0.15, 0.2) is 5.69 Å². The van der Waals surface area contributed by atoms with Crippen LogP contribution in [0.4, 0.5) is 0 Å². The Kier molecular flexibility index (Phi) is 3.74. The number of hydrogen-bond acceptors (Lipinski definition) is 5. The maximum Gasteiger partial charge on any atom is 0.276 e. The Morgan fingerprint density at radius 1 is 1.20 bits per heavy atom. The van der Waals surface area contributed by atoms with Crippen molar-refractivity contribution < 1.29 is 4.79 Å². The third kappa shape index (κ3) is 2.87. The van der Waals surface area contributed by atoms with Gasteiger partial charge in [-0.15, -0.1) is 5.10 Å². The van der Waals surface area contributed by atoms with E-state index in [1.807, 2.05) is 30.3 Å². The van der Waals surface area contributed by atoms with Crippen LogP contribution in [0, 0.1) is 11.3 Å². The summed E-state index contributed by atoms with van der Waals surface area (Å²) in [5.41, 5.74) is 1.65. The van der Waals surface area contributed by atoms with E-state index in [2.05, 4.69) is 21.4 Å². The Morgan fingerprint density at radius 3 is 2.80 bits per heavy atom. The summed E-state index contributed by atoms with van der Waals surface area (Å²) in [5.74, 6) is -0.141. The summed E-state index contributed by atoms with van der Waals surface area (Å²) in [6, 6.07) is 11.6. The molecule has 1 saturated heterocycles. The van der Waals surface area contributed by atoms with Gasteiger partial charge in [-0.25, -0.2) is 0 Å². The van der Waals surface area contributed by atoms with Gasteiger partial charge in [0.05, 0.1) is 29.7 Å². The van der Waals surface area contributed by atoms with Crippen molar-refractivity contribution in [3.63, 3.8) is 0 Å². The molecule has 3 heterocycles. The first-order valence-electron chi connectivity index (χ1n) is 7.96. The molecular formula is C17H15N7O. The molecular weight excluding hydrogens is 318 g/mol. The molecule has 1 amide bonds. The zero-order valence-corrected chi connectivity index (χ0v) is 13.4. The number of carbonyl (C=O) groups excluding carboxylic acids is 1. The number of nitriles is 1. The Balaban J connectivity index is 1.47. The first-order chi connectivity index (χ1) is 12.2. The number of amides is 1. The van der Waals surface area contributed by atoms with Gasteiger partial charge in [0.25, 0.3) is 5.91 Å². The summed E-state index contributed by atoms with van der Waals surface area (Å²) < 4.78 is 1.76. The van der Waals surface area contributed by atoms with Gasteiger partial charge >= 0.3 is 0 Å². The summed E-state index contributed by atoms with van der Waals surface area (Å²) in [6.45, 7) is 1.17. The monoisotopic (exact) mass is 333 g/mol. The number of likely N-dealkylation sites (tertiary alicyclic amines) is 1. The van der Waals surface area contributed by atoms with Crippen LogP contribution in [0.1, 0.15) is 28.5 Å². The third-order valence-electron chi connectivity index (χ3n) is 4.25. The third-order valence-corrected chi connectivity index (χ3v) is 4.25. The van der Waals surface area contributed by atoms with Crippen LogP contribution in [-0.4, -0.2) is 48.7 Å². The van der Waals surface area contributed by atoms with Gasteiger partial charge in [0, 0.05) is 19.3 Å². The van der Waals surface area contributed by atoms with Crippen molar-refractivity contribution in [2.75, 3.05) is 13.1 Å². The lowest BCUT2D eigenvalue weighted by Crippen LogP contribution is -2.29. The fraction of sp³-hybridized carbons (Fsp3) is 0.235. The minimum absolute atomic E-state index is 0.0789. The van der Waals surface area contributed by atoms with Crippen molar-refractivity contribution in [1.29, 1.82) is 5.26 Å². The molecule has 0 aliphatic carbocycles. The topological polar surface area (TPSA) is 92.6 Å². The molecule has 1 aromatic carbocycles. The summed E-state index contributed by atoms with van der Waals surface area (Å²) in [7, 11) is 0. The molecule has 0 bridgehead atoms. The van der Waals surface area contributed by atoms with Crippen LogP contribution in [0.3, 0.4) is 0 Å². The minimum Gasteiger partial charge on any atom is -0.335 e.